The van der Waals surface area contributed by atoms with E-state index in [0.717, 1.165) is 5.92 Å². The maximum Gasteiger partial charge on any atom is 0.0568 e. The highest BCUT2D eigenvalue weighted by Gasteiger charge is 2.23. The van der Waals surface area contributed by atoms with Gasteiger partial charge < -0.3 is 16.4 Å². The maximum atomic E-state index is 5.88. The van der Waals surface area contributed by atoms with Crippen LogP contribution in [0.4, 0.5) is 17.1 Å². The molecule has 1 aromatic rings. The number of rotatable bonds is 3. The van der Waals surface area contributed by atoms with Crippen LogP contribution >= 0.6 is 0 Å². The van der Waals surface area contributed by atoms with Gasteiger partial charge in [-0.25, -0.2) is 0 Å². The van der Waals surface area contributed by atoms with Gasteiger partial charge in [0.05, 0.1) is 11.4 Å². The summed E-state index contributed by atoms with van der Waals surface area (Å²) >= 11 is 0. The Morgan fingerprint density at radius 3 is 2.33 bits per heavy atom. The summed E-state index contributed by atoms with van der Waals surface area (Å²) in [4.78, 5) is 2.36. The highest BCUT2D eigenvalue weighted by Crippen LogP contribution is 2.32. The molecule has 1 aliphatic rings. The van der Waals surface area contributed by atoms with E-state index in [1.807, 2.05) is 12.1 Å². The van der Waals surface area contributed by atoms with Gasteiger partial charge in [0.1, 0.15) is 0 Å². The zero-order chi connectivity index (χ0) is 13.1. The van der Waals surface area contributed by atoms with Crippen molar-refractivity contribution in [1.82, 2.24) is 0 Å². The lowest BCUT2D eigenvalue weighted by Gasteiger charge is -2.36. The van der Waals surface area contributed by atoms with Crippen LogP contribution in [0.5, 0.6) is 0 Å². The molecule has 0 bridgehead atoms. The highest BCUT2D eigenvalue weighted by atomic mass is 15.1. The van der Waals surface area contributed by atoms with Crippen molar-refractivity contribution in [3.63, 3.8) is 0 Å². The quantitative estimate of drug-likeness (QED) is 0.806. The summed E-state index contributed by atoms with van der Waals surface area (Å²) in [6, 6.07) is 6.60. The van der Waals surface area contributed by atoms with Crippen molar-refractivity contribution < 1.29 is 0 Å². The van der Waals surface area contributed by atoms with Crippen molar-refractivity contribution in [1.29, 1.82) is 0 Å². The number of benzene rings is 1. The predicted molar refractivity (Wildman–Crippen MR) is 79.7 cm³/mol. The van der Waals surface area contributed by atoms with Crippen LogP contribution in [-0.2, 0) is 0 Å². The van der Waals surface area contributed by atoms with Gasteiger partial charge in [0, 0.05) is 18.8 Å². The van der Waals surface area contributed by atoms with Crippen LogP contribution in [-0.4, -0.2) is 13.1 Å². The van der Waals surface area contributed by atoms with Crippen molar-refractivity contribution in [2.24, 2.45) is 5.92 Å². The maximum absolute atomic E-state index is 5.88. The van der Waals surface area contributed by atoms with Gasteiger partial charge in [-0.15, -0.1) is 0 Å². The molecule has 2 rings (SSSR count). The number of hydrogen-bond acceptors (Lipinski definition) is 3. The van der Waals surface area contributed by atoms with E-state index in [9.17, 15) is 0 Å². The molecular weight excluding hydrogens is 222 g/mol. The van der Waals surface area contributed by atoms with Crippen molar-refractivity contribution >= 4 is 17.1 Å². The van der Waals surface area contributed by atoms with Crippen molar-refractivity contribution in [2.45, 2.75) is 45.1 Å². The average Bonchev–Trinajstić information content (AvgIpc) is 2.41. The second-order valence-electron chi connectivity index (χ2n) is 5.51. The van der Waals surface area contributed by atoms with E-state index in [4.69, 9.17) is 11.5 Å². The van der Waals surface area contributed by atoms with Gasteiger partial charge in [-0.2, -0.15) is 0 Å². The molecule has 0 radical (unpaired) electrons. The summed E-state index contributed by atoms with van der Waals surface area (Å²) in [6.07, 6.45) is 6.62. The summed E-state index contributed by atoms with van der Waals surface area (Å²) in [5, 5.41) is 0. The molecule has 1 aliphatic carbocycles. The van der Waals surface area contributed by atoms with Crippen LogP contribution < -0.4 is 16.4 Å². The van der Waals surface area contributed by atoms with Crippen LogP contribution in [0, 0.1) is 5.92 Å². The van der Waals surface area contributed by atoms with E-state index in [1.54, 1.807) is 0 Å². The van der Waals surface area contributed by atoms with Crippen LogP contribution in [0.2, 0.25) is 0 Å². The molecule has 0 amide bonds. The van der Waals surface area contributed by atoms with Gasteiger partial charge in [-0.3, -0.25) is 0 Å². The first-order chi connectivity index (χ1) is 8.61. The molecule has 0 spiro atoms. The van der Waals surface area contributed by atoms with E-state index >= 15 is 0 Å². The third-order valence-electron chi connectivity index (χ3n) is 4.42. The smallest absolute Gasteiger partial charge is 0.0568 e. The van der Waals surface area contributed by atoms with Gasteiger partial charge in [-0.1, -0.05) is 13.3 Å². The van der Waals surface area contributed by atoms with Crippen molar-refractivity contribution in [2.75, 3.05) is 23.4 Å². The van der Waals surface area contributed by atoms with Gasteiger partial charge >= 0.3 is 0 Å². The average molecular weight is 247 g/mol. The molecule has 1 fully saturated rings. The molecular formula is C15H25N3. The lowest BCUT2D eigenvalue weighted by Crippen LogP contribution is -2.35. The largest absolute Gasteiger partial charge is 0.397 e. The number of nitrogens with two attached hydrogens (primary N) is 2. The predicted octanol–water partition coefficient (Wildman–Crippen LogP) is 3.26. The third kappa shape index (κ3) is 2.71. The van der Waals surface area contributed by atoms with Crippen LogP contribution in [0.25, 0.3) is 0 Å². The molecule has 0 atom stereocenters. The standard InChI is InChI=1S/C15H25N3/c1-3-11-4-6-12(7-5-11)18(2)13-8-9-14(16)15(17)10-13/h8-12H,3-7,16-17H2,1-2H3. The Balaban J connectivity index is 2.03. The topological polar surface area (TPSA) is 55.3 Å². The van der Waals surface area contributed by atoms with Crippen LogP contribution in [0.3, 0.4) is 0 Å². The molecule has 0 aromatic heterocycles. The molecule has 0 saturated heterocycles. The Morgan fingerprint density at radius 2 is 1.78 bits per heavy atom. The normalized spacial score (nSPS) is 23.9. The Morgan fingerprint density at radius 1 is 1.11 bits per heavy atom. The van der Waals surface area contributed by atoms with E-state index in [2.05, 4.69) is 24.9 Å². The summed E-state index contributed by atoms with van der Waals surface area (Å²) in [7, 11) is 2.17. The molecule has 0 heterocycles. The molecule has 4 N–H and O–H groups in total. The molecule has 1 aromatic carbocycles. The first-order valence-corrected chi connectivity index (χ1v) is 6.99. The fourth-order valence-corrected chi connectivity index (χ4v) is 2.93. The van der Waals surface area contributed by atoms with Gasteiger partial charge in [0.15, 0.2) is 0 Å². The van der Waals surface area contributed by atoms with Gasteiger partial charge in [0.2, 0.25) is 0 Å². The van der Waals surface area contributed by atoms with Gasteiger partial charge in [0.25, 0.3) is 0 Å². The number of nitrogen functional groups attached to an aromatic ring is 2. The molecule has 100 valence electrons. The van der Waals surface area contributed by atoms with Gasteiger partial charge in [-0.05, 0) is 49.8 Å². The summed E-state index contributed by atoms with van der Waals surface area (Å²) in [6.45, 7) is 2.30. The van der Waals surface area contributed by atoms with Crippen molar-refractivity contribution in [3.05, 3.63) is 18.2 Å². The SMILES string of the molecule is CCC1CCC(N(C)c2ccc(N)c(N)c2)CC1. The second kappa shape index (κ2) is 5.51. The Kier molecular flexibility index (Phi) is 4.00. The molecule has 0 unspecified atom stereocenters. The molecule has 3 nitrogen and oxygen atoms in total. The number of nitrogens with zero attached hydrogens (tertiary/aromatic N) is 1. The lowest BCUT2D eigenvalue weighted by atomic mass is 9.84. The molecule has 18 heavy (non-hydrogen) atoms. The van der Waals surface area contributed by atoms with Crippen LogP contribution in [0.15, 0.2) is 18.2 Å². The zero-order valence-electron chi connectivity index (χ0n) is 11.5. The Bertz CT molecular complexity index is 395. The number of hydrogen-bond donors (Lipinski definition) is 2. The van der Waals surface area contributed by atoms with Crippen molar-refractivity contribution in [3.8, 4) is 0 Å². The Hall–Kier alpha value is -1.38. The fraction of sp³-hybridized carbons (Fsp3) is 0.600. The van der Waals surface area contributed by atoms with Crippen LogP contribution in [0.1, 0.15) is 39.0 Å². The first kappa shape index (κ1) is 13.1. The van der Waals surface area contributed by atoms with E-state index in [0.29, 0.717) is 17.4 Å². The number of anilines is 3. The van der Waals surface area contributed by atoms with E-state index in [1.165, 1.54) is 37.8 Å². The summed E-state index contributed by atoms with van der Waals surface area (Å²) in [5.41, 5.74) is 14.2. The summed E-state index contributed by atoms with van der Waals surface area (Å²) in [5.74, 6) is 0.936. The molecule has 3 heteroatoms. The zero-order valence-corrected chi connectivity index (χ0v) is 11.5. The molecule has 1 saturated carbocycles. The minimum Gasteiger partial charge on any atom is -0.397 e. The lowest BCUT2D eigenvalue weighted by molar-refractivity contribution is 0.313. The molecule has 0 aliphatic heterocycles. The second-order valence-corrected chi connectivity index (χ2v) is 5.51. The van der Waals surface area contributed by atoms with E-state index in [-0.39, 0.29) is 0 Å². The minimum absolute atomic E-state index is 0.649. The Labute approximate surface area is 110 Å². The monoisotopic (exact) mass is 247 g/mol. The fourth-order valence-electron chi connectivity index (χ4n) is 2.93. The highest BCUT2D eigenvalue weighted by molar-refractivity contribution is 5.69. The van der Waals surface area contributed by atoms with E-state index < -0.39 is 0 Å². The third-order valence-corrected chi connectivity index (χ3v) is 4.42. The minimum atomic E-state index is 0.649. The first-order valence-electron chi connectivity index (χ1n) is 6.99. The summed E-state index contributed by atoms with van der Waals surface area (Å²) < 4.78 is 0.